The average Bonchev–Trinajstić information content (AvgIpc) is 2.35. The molecule has 3 nitrogen and oxygen atoms in total. The lowest BCUT2D eigenvalue weighted by Gasteiger charge is -2.17. The van der Waals surface area contributed by atoms with Crippen molar-refractivity contribution in [1.29, 1.82) is 0 Å². The largest absolute Gasteiger partial charge is 0.417 e. The zero-order chi connectivity index (χ0) is 15.4. The number of halogens is 4. The Bertz CT molecular complexity index is 546. The molecule has 0 aliphatic rings. The molecule has 0 aromatic heterocycles. The first-order chi connectivity index (χ1) is 9.18. The molecule has 0 aliphatic carbocycles. The summed E-state index contributed by atoms with van der Waals surface area (Å²) in [5.41, 5.74) is -1.15. The van der Waals surface area contributed by atoms with Crippen molar-refractivity contribution in [3.05, 3.63) is 29.8 Å². The Morgan fingerprint density at radius 1 is 1.30 bits per heavy atom. The normalized spacial score (nSPS) is 14.2. The van der Waals surface area contributed by atoms with Gasteiger partial charge < -0.3 is 0 Å². The molecule has 0 radical (unpaired) electrons. The van der Waals surface area contributed by atoms with Gasteiger partial charge in [0.2, 0.25) is 10.0 Å². The van der Waals surface area contributed by atoms with Crippen LogP contribution in [0, 0.1) is 0 Å². The molecule has 114 valence electrons. The molecule has 0 aliphatic heterocycles. The minimum Gasteiger partial charge on any atom is -0.208 e. The van der Waals surface area contributed by atoms with E-state index in [2.05, 4.69) is 20.7 Å². The lowest BCUT2D eigenvalue weighted by Crippen LogP contribution is -2.33. The Balaban J connectivity index is 3.05. The van der Waals surface area contributed by atoms with Crippen molar-refractivity contribution in [2.75, 3.05) is 5.33 Å². The maximum absolute atomic E-state index is 12.8. The SMILES string of the molecule is CC(CCCBr)NS(=O)(=O)c1ccccc1C(F)(F)F. The molecule has 0 heterocycles. The number of hydrogen-bond acceptors (Lipinski definition) is 2. The summed E-state index contributed by atoms with van der Waals surface area (Å²) in [4.78, 5) is -0.738. The van der Waals surface area contributed by atoms with Crippen molar-refractivity contribution < 1.29 is 21.6 Å². The molecule has 0 spiro atoms. The van der Waals surface area contributed by atoms with Gasteiger partial charge in [-0.3, -0.25) is 0 Å². The zero-order valence-corrected chi connectivity index (χ0v) is 13.1. The highest BCUT2D eigenvalue weighted by molar-refractivity contribution is 9.09. The van der Waals surface area contributed by atoms with Gasteiger partial charge in [-0.25, -0.2) is 13.1 Å². The number of hydrogen-bond donors (Lipinski definition) is 1. The van der Waals surface area contributed by atoms with Crippen LogP contribution in [0.15, 0.2) is 29.2 Å². The molecule has 0 saturated carbocycles. The lowest BCUT2D eigenvalue weighted by molar-refractivity contribution is -0.139. The number of benzene rings is 1. The summed E-state index contributed by atoms with van der Waals surface area (Å²) in [6, 6.07) is 3.72. The van der Waals surface area contributed by atoms with E-state index in [0.29, 0.717) is 11.8 Å². The second kappa shape index (κ2) is 6.91. The van der Waals surface area contributed by atoms with Gasteiger partial charge in [-0.2, -0.15) is 13.2 Å². The molecule has 1 aromatic rings. The molecule has 0 saturated heterocycles. The van der Waals surface area contributed by atoms with Crippen LogP contribution in [0.2, 0.25) is 0 Å². The van der Waals surface area contributed by atoms with Crippen molar-refractivity contribution >= 4 is 26.0 Å². The predicted octanol–water partition coefficient (Wildman–Crippen LogP) is 3.55. The Morgan fingerprint density at radius 2 is 1.90 bits per heavy atom. The zero-order valence-electron chi connectivity index (χ0n) is 10.7. The second-order valence-corrected chi connectivity index (χ2v) is 6.82. The molecule has 1 rings (SSSR count). The van der Waals surface area contributed by atoms with E-state index in [1.807, 2.05) is 0 Å². The van der Waals surface area contributed by atoms with Crippen molar-refractivity contribution in [3.63, 3.8) is 0 Å². The van der Waals surface area contributed by atoms with Crippen molar-refractivity contribution in [3.8, 4) is 0 Å². The Morgan fingerprint density at radius 3 is 2.45 bits per heavy atom. The molecule has 8 heteroatoms. The first-order valence-corrected chi connectivity index (χ1v) is 8.53. The van der Waals surface area contributed by atoms with E-state index >= 15 is 0 Å². The van der Waals surface area contributed by atoms with Gasteiger partial charge in [0.15, 0.2) is 0 Å². The van der Waals surface area contributed by atoms with E-state index < -0.39 is 32.7 Å². The van der Waals surface area contributed by atoms with Gasteiger partial charge in [-0.05, 0) is 31.9 Å². The van der Waals surface area contributed by atoms with E-state index in [1.54, 1.807) is 6.92 Å². The van der Waals surface area contributed by atoms with Crippen LogP contribution in [0.3, 0.4) is 0 Å². The summed E-state index contributed by atoms with van der Waals surface area (Å²) in [6.07, 6.45) is -3.44. The number of nitrogens with one attached hydrogen (secondary N) is 1. The molecule has 0 fully saturated rings. The molecule has 0 amide bonds. The standard InChI is InChI=1S/C12H15BrF3NO2S/c1-9(5-4-8-13)17-20(18,19)11-7-3-2-6-10(11)12(14,15)16/h2-3,6-7,9,17H,4-5,8H2,1H3. The second-order valence-electron chi connectivity index (χ2n) is 4.35. The highest BCUT2D eigenvalue weighted by Gasteiger charge is 2.37. The third kappa shape index (κ3) is 4.75. The fourth-order valence-corrected chi connectivity index (χ4v) is 3.54. The Hall–Kier alpha value is -0.600. The molecule has 20 heavy (non-hydrogen) atoms. The van der Waals surface area contributed by atoms with Crippen molar-refractivity contribution in [2.45, 2.75) is 36.9 Å². The van der Waals surface area contributed by atoms with E-state index in [0.717, 1.165) is 24.6 Å². The molecule has 1 atom stereocenters. The van der Waals surface area contributed by atoms with Gasteiger partial charge in [-0.1, -0.05) is 28.1 Å². The monoisotopic (exact) mass is 373 g/mol. The third-order valence-corrected chi connectivity index (χ3v) is 4.82. The van der Waals surface area contributed by atoms with Gasteiger partial charge in [0.1, 0.15) is 0 Å². The quantitative estimate of drug-likeness (QED) is 0.775. The molecule has 0 bridgehead atoms. The van der Waals surface area contributed by atoms with Crippen LogP contribution in [0.4, 0.5) is 13.2 Å². The fraction of sp³-hybridized carbons (Fsp3) is 0.500. The summed E-state index contributed by atoms with van der Waals surface area (Å²) in [5, 5.41) is 0.707. The summed E-state index contributed by atoms with van der Waals surface area (Å²) in [6.45, 7) is 1.62. The maximum atomic E-state index is 12.8. The van der Waals surface area contributed by atoms with Gasteiger partial charge in [0, 0.05) is 11.4 Å². The van der Waals surface area contributed by atoms with E-state index in [9.17, 15) is 21.6 Å². The van der Waals surface area contributed by atoms with E-state index in [4.69, 9.17) is 0 Å². The van der Waals surface area contributed by atoms with Crippen LogP contribution >= 0.6 is 15.9 Å². The number of sulfonamides is 1. The maximum Gasteiger partial charge on any atom is 0.417 e. The van der Waals surface area contributed by atoms with Crippen LogP contribution in [0.5, 0.6) is 0 Å². The Labute approximate surface area is 124 Å². The van der Waals surface area contributed by atoms with Gasteiger partial charge >= 0.3 is 6.18 Å². The first-order valence-electron chi connectivity index (χ1n) is 5.93. The first kappa shape index (κ1) is 17.5. The minimum atomic E-state index is -4.70. The molecule has 1 aromatic carbocycles. The fourth-order valence-electron chi connectivity index (χ4n) is 1.71. The van der Waals surface area contributed by atoms with Gasteiger partial charge in [0.25, 0.3) is 0 Å². The van der Waals surface area contributed by atoms with Crippen LogP contribution in [0.25, 0.3) is 0 Å². The number of rotatable bonds is 6. The highest BCUT2D eigenvalue weighted by atomic mass is 79.9. The summed E-state index contributed by atoms with van der Waals surface area (Å²) < 4.78 is 64.8. The summed E-state index contributed by atoms with van der Waals surface area (Å²) >= 11 is 3.21. The van der Waals surface area contributed by atoms with Crippen LogP contribution in [0.1, 0.15) is 25.3 Å². The lowest BCUT2D eigenvalue weighted by atomic mass is 10.2. The predicted molar refractivity (Wildman–Crippen MR) is 74.3 cm³/mol. The summed E-state index contributed by atoms with van der Waals surface area (Å²) in [7, 11) is -4.19. The van der Waals surface area contributed by atoms with Crippen molar-refractivity contribution in [2.24, 2.45) is 0 Å². The number of alkyl halides is 4. The smallest absolute Gasteiger partial charge is 0.208 e. The van der Waals surface area contributed by atoms with Crippen LogP contribution in [-0.2, 0) is 16.2 Å². The highest BCUT2D eigenvalue weighted by Crippen LogP contribution is 2.33. The van der Waals surface area contributed by atoms with Crippen molar-refractivity contribution in [1.82, 2.24) is 4.72 Å². The van der Waals surface area contributed by atoms with E-state index in [-0.39, 0.29) is 0 Å². The van der Waals surface area contributed by atoms with E-state index in [1.165, 1.54) is 6.07 Å². The minimum absolute atomic E-state index is 0.432. The Kier molecular flexibility index (Phi) is 6.03. The van der Waals surface area contributed by atoms with Gasteiger partial charge in [0.05, 0.1) is 10.5 Å². The molecular weight excluding hydrogens is 359 g/mol. The van der Waals surface area contributed by atoms with Crippen LogP contribution < -0.4 is 4.72 Å². The average molecular weight is 374 g/mol. The third-order valence-electron chi connectivity index (χ3n) is 2.61. The molecule has 1 N–H and O–H groups in total. The molecular formula is C12H15BrF3NO2S. The molecule has 1 unspecified atom stereocenters. The van der Waals surface area contributed by atoms with Crippen LogP contribution in [-0.4, -0.2) is 19.8 Å². The van der Waals surface area contributed by atoms with Gasteiger partial charge in [-0.15, -0.1) is 0 Å². The topological polar surface area (TPSA) is 46.2 Å². The summed E-state index contributed by atoms with van der Waals surface area (Å²) in [5.74, 6) is 0.